The average Bonchev–Trinajstić information content (AvgIpc) is 2.75. The van der Waals surface area contributed by atoms with Crippen LogP contribution in [-0.4, -0.2) is 31.5 Å². The Morgan fingerprint density at radius 3 is 2.90 bits per heavy atom. The number of rotatable bonds is 2. The minimum absolute atomic E-state index is 0.103. The summed E-state index contributed by atoms with van der Waals surface area (Å²) >= 11 is 0. The molecule has 0 spiro atoms. The van der Waals surface area contributed by atoms with Gasteiger partial charge in [-0.2, -0.15) is 8.42 Å². The molecule has 1 N–H and O–H groups in total. The van der Waals surface area contributed by atoms with Crippen LogP contribution in [0.1, 0.15) is 12.2 Å². The van der Waals surface area contributed by atoms with Crippen LogP contribution in [0.5, 0.6) is 5.75 Å². The molecular formula is C13H15N3O3S. The van der Waals surface area contributed by atoms with E-state index >= 15 is 0 Å². The van der Waals surface area contributed by atoms with Crippen LogP contribution >= 0.6 is 0 Å². The first-order valence-corrected chi connectivity index (χ1v) is 7.79. The third kappa shape index (κ3) is 2.14. The van der Waals surface area contributed by atoms with Crippen LogP contribution in [0, 0.1) is 6.92 Å². The second-order valence-electron chi connectivity index (χ2n) is 4.58. The molecule has 0 atom stereocenters. The van der Waals surface area contributed by atoms with Gasteiger partial charge < -0.3 is 9.72 Å². The van der Waals surface area contributed by atoms with Crippen molar-refractivity contribution in [3.05, 3.63) is 36.3 Å². The number of anilines is 1. The Bertz CT molecular complexity index is 724. The third-order valence-corrected chi connectivity index (χ3v) is 4.87. The van der Waals surface area contributed by atoms with Crippen molar-refractivity contribution in [2.75, 3.05) is 17.5 Å². The van der Waals surface area contributed by atoms with E-state index in [-0.39, 0.29) is 5.03 Å². The summed E-state index contributed by atoms with van der Waals surface area (Å²) in [4.78, 5) is 6.75. The number of hydrogen-bond acceptors (Lipinski definition) is 4. The van der Waals surface area contributed by atoms with E-state index in [4.69, 9.17) is 4.74 Å². The van der Waals surface area contributed by atoms with Crippen molar-refractivity contribution in [2.45, 2.75) is 18.4 Å². The summed E-state index contributed by atoms with van der Waals surface area (Å²) in [5.74, 6) is 1.16. The van der Waals surface area contributed by atoms with Crippen molar-refractivity contribution in [2.24, 2.45) is 0 Å². The van der Waals surface area contributed by atoms with Gasteiger partial charge in [-0.05, 0) is 19.1 Å². The van der Waals surface area contributed by atoms with Crippen LogP contribution in [-0.2, 0) is 10.0 Å². The van der Waals surface area contributed by atoms with E-state index in [0.717, 1.165) is 0 Å². The molecule has 0 aliphatic carbocycles. The van der Waals surface area contributed by atoms with Crippen molar-refractivity contribution in [1.82, 2.24) is 9.97 Å². The van der Waals surface area contributed by atoms with E-state index in [9.17, 15) is 8.42 Å². The van der Waals surface area contributed by atoms with Crippen LogP contribution in [0.2, 0.25) is 0 Å². The van der Waals surface area contributed by atoms with E-state index in [1.807, 2.05) is 6.07 Å². The number of para-hydroxylation sites is 2. The Morgan fingerprint density at radius 1 is 1.35 bits per heavy atom. The quantitative estimate of drug-likeness (QED) is 0.914. The van der Waals surface area contributed by atoms with Gasteiger partial charge in [-0.1, -0.05) is 12.1 Å². The van der Waals surface area contributed by atoms with Gasteiger partial charge >= 0.3 is 0 Å². The Morgan fingerprint density at radius 2 is 2.15 bits per heavy atom. The van der Waals surface area contributed by atoms with Gasteiger partial charge in [-0.25, -0.2) is 4.98 Å². The van der Waals surface area contributed by atoms with E-state index in [0.29, 0.717) is 36.8 Å². The summed E-state index contributed by atoms with van der Waals surface area (Å²) in [5.41, 5.74) is 0.567. The zero-order chi connectivity index (χ0) is 14.2. The summed E-state index contributed by atoms with van der Waals surface area (Å²) in [5, 5.41) is 0.103. The summed E-state index contributed by atoms with van der Waals surface area (Å²) < 4.78 is 32.4. The summed E-state index contributed by atoms with van der Waals surface area (Å²) in [6, 6.07) is 7.16. The fraction of sp³-hybridized carbons (Fsp3) is 0.308. The molecule has 0 saturated carbocycles. The fourth-order valence-corrected chi connectivity index (χ4v) is 3.67. The molecule has 2 aromatic rings. The van der Waals surface area contributed by atoms with Crippen molar-refractivity contribution < 1.29 is 13.2 Å². The lowest BCUT2D eigenvalue weighted by molar-refractivity contribution is 0.322. The molecule has 7 heteroatoms. The number of benzene rings is 1. The Kier molecular flexibility index (Phi) is 3.13. The van der Waals surface area contributed by atoms with Gasteiger partial charge in [0.15, 0.2) is 5.03 Å². The van der Waals surface area contributed by atoms with Crippen LogP contribution < -0.4 is 9.04 Å². The molecule has 0 saturated heterocycles. The molecule has 106 valence electrons. The largest absolute Gasteiger partial charge is 0.491 e. The molecule has 1 aromatic carbocycles. The molecule has 6 nitrogen and oxygen atoms in total. The molecule has 3 rings (SSSR count). The van der Waals surface area contributed by atoms with Gasteiger partial charge in [-0.3, -0.25) is 4.31 Å². The predicted octanol–water partition coefficient (Wildman–Crippen LogP) is 1.70. The number of ether oxygens (including phenoxy) is 1. The first-order valence-electron chi connectivity index (χ1n) is 6.35. The Hall–Kier alpha value is -2.02. The second-order valence-corrected chi connectivity index (χ2v) is 6.41. The van der Waals surface area contributed by atoms with Crippen LogP contribution in [0.15, 0.2) is 35.5 Å². The predicted molar refractivity (Wildman–Crippen MR) is 74.4 cm³/mol. The van der Waals surface area contributed by atoms with Gasteiger partial charge in [0.1, 0.15) is 11.6 Å². The topological polar surface area (TPSA) is 75.3 Å². The van der Waals surface area contributed by atoms with E-state index in [2.05, 4.69) is 9.97 Å². The minimum atomic E-state index is -3.64. The molecule has 1 aromatic heterocycles. The molecule has 1 aliphatic heterocycles. The normalized spacial score (nSPS) is 15.3. The molecule has 0 unspecified atom stereocenters. The van der Waals surface area contributed by atoms with E-state index in [1.54, 1.807) is 25.1 Å². The van der Waals surface area contributed by atoms with Gasteiger partial charge in [0.05, 0.1) is 18.5 Å². The Labute approximate surface area is 117 Å². The van der Waals surface area contributed by atoms with Crippen LogP contribution in [0.4, 0.5) is 5.69 Å². The number of aromatic nitrogens is 2. The highest BCUT2D eigenvalue weighted by Gasteiger charge is 2.29. The second kappa shape index (κ2) is 4.82. The van der Waals surface area contributed by atoms with Crippen molar-refractivity contribution in [3.63, 3.8) is 0 Å². The first-order chi connectivity index (χ1) is 9.59. The maximum atomic E-state index is 12.7. The monoisotopic (exact) mass is 293 g/mol. The van der Waals surface area contributed by atoms with Gasteiger partial charge in [0, 0.05) is 13.0 Å². The van der Waals surface area contributed by atoms with Gasteiger partial charge in [0.2, 0.25) is 0 Å². The average molecular weight is 293 g/mol. The van der Waals surface area contributed by atoms with Gasteiger partial charge in [-0.15, -0.1) is 0 Å². The summed E-state index contributed by atoms with van der Waals surface area (Å²) in [6.07, 6.45) is 1.99. The number of nitrogens with one attached hydrogen (secondary N) is 1. The van der Waals surface area contributed by atoms with Crippen LogP contribution in [0.3, 0.4) is 0 Å². The van der Waals surface area contributed by atoms with Crippen molar-refractivity contribution in [1.29, 1.82) is 0 Å². The molecule has 20 heavy (non-hydrogen) atoms. The summed E-state index contributed by atoms with van der Waals surface area (Å²) in [6.45, 7) is 2.61. The number of aryl methyl sites for hydroxylation is 1. The van der Waals surface area contributed by atoms with Gasteiger partial charge in [0.25, 0.3) is 10.0 Å². The smallest absolute Gasteiger partial charge is 0.281 e. The molecule has 0 radical (unpaired) electrons. The molecule has 0 bridgehead atoms. The SMILES string of the molecule is Cc1ncc(S(=O)(=O)N2CCCOc3ccccc32)[nH]1. The molecule has 2 heterocycles. The number of hydrogen-bond donors (Lipinski definition) is 1. The first kappa shape index (κ1) is 13.0. The number of fused-ring (bicyclic) bond motifs is 1. The number of sulfonamides is 1. The van der Waals surface area contributed by atoms with Crippen molar-refractivity contribution in [3.8, 4) is 5.75 Å². The number of nitrogens with zero attached hydrogens (tertiary/aromatic N) is 2. The molecular weight excluding hydrogens is 278 g/mol. The lowest BCUT2D eigenvalue weighted by atomic mass is 10.3. The number of aromatic amines is 1. The highest BCUT2D eigenvalue weighted by atomic mass is 32.2. The van der Waals surface area contributed by atoms with Crippen LogP contribution in [0.25, 0.3) is 0 Å². The lowest BCUT2D eigenvalue weighted by Crippen LogP contribution is -2.31. The number of imidazole rings is 1. The Balaban J connectivity index is 2.09. The highest BCUT2D eigenvalue weighted by molar-refractivity contribution is 7.92. The zero-order valence-electron chi connectivity index (χ0n) is 11.0. The van der Waals surface area contributed by atoms with Crippen molar-refractivity contribution >= 4 is 15.7 Å². The zero-order valence-corrected chi connectivity index (χ0v) is 11.9. The van der Waals surface area contributed by atoms with E-state index < -0.39 is 10.0 Å². The third-order valence-electron chi connectivity index (χ3n) is 3.14. The fourth-order valence-electron chi connectivity index (χ4n) is 2.19. The lowest BCUT2D eigenvalue weighted by Gasteiger charge is -2.22. The molecule has 1 aliphatic rings. The minimum Gasteiger partial charge on any atom is -0.491 e. The molecule has 0 fully saturated rings. The highest BCUT2D eigenvalue weighted by Crippen LogP contribution is 2.33. The maximum Gasteiger partial charge on any atom is 0.281 e. The molecule has 0 amide bonds. The van der Waals surface area contributed by atoms with E-state index in [1.165, 1.54) is 10.5 Å². The standard InChI is InChI=1S/C13H15N3O3S/c1-10-14-9-13(15-10)20(17,18)16-7-4-8-19-12-6-3-2-5-11(12)16/h2-3,5-6,9H,4,7-8H2,1H3,(H,14,15). The number of H-pyrrole nitrogens is 1. The maximum absolute atomic E-state index is 12.7. The summed E-state index contributed by atoms with van der Waals surface area (Å²) in [7, 11) is -3.64.